The highest BCUT2D eigenvalue weighted by Crippen LogP contribution is 2.45. The maximum absolute atomic E-state index is 14.0. The zero-order chi connectivity index (χ0) is 23.7. The van der Waals surface area contributed by atoms with E-state index in [2.05, 4.69) is 0 Å². The summed E-state index contributed by atoms with van der Waals surface area (Å²) in [6.45, 7) is 0. The Kier molecular flexibility index (Phi) is 6.07. The van der Waals surface area contributed by atoms with Gasteiger partial charge in [0.25, 0.3) is 11.7 Å². The first-order chi connectivity index (χ1) is 15.9. The number of methoxy groups -OCH3 is 2. The predicted octanol–water partition coefficient (Wildman–Crippen LogP) is 5.12. The summed E-state index contributed by atoms with van der Waals surface area (Å²) in [5.74, 6) is -2.38. The smallest absolute Gasteiger partial charge is 0.300 e. The molecule has 33 heavy (non-hydrogen) atoms. The van der Waals surface area contributed by atoms with Crippen molar-refractivity contribution in [3.05, 3.63) is 94.3 Å². The molecule has 1 fully saturated rings. The number of benzene rings is 3. The van der Waals surface area contributed by atoms with Crippen LogP contribution in [0.25, 0.3) is 5.76 Å². The van der Waals surface area contributed by atoms with Crippen molar-refractivity contribution in [3.8, 4) is 11.5 Å². The molecule has 0 saturated carbocycles. The highest BCUT2D eigenvalue weighted by atomic mass is 35.5. The number of nitrogens with zero attached hydrogens (tertiary/aromatic N) is 1. The molecule has 0 aliphatic carbocycles. The van der Waals surface area contributed by atoms with E-state index in [0.29, 0.717) is 10.6 Å². The van der Waals surface area contributed by atoms with Crippen LogP contribution in [0.2, 0.25) is 5.02 Å². The lowest BCUT2D eigenvalue weighted by molar-refractivity contribution is -0.132. The Morgan fingerprint density at radius 3 is 2.15 bits per heavy atom. The van der Waals surface area contributed by atoms with E-state index in [1.54, 1.807) is 42.5 Å². The zero-order valence-corrected chi connectivity index (χ0v) is 18.5. The molecule has 8 heteroatoms. The van der Waals surface area contributed by atoms with Gasteiger partial charge in [0.2, 0.25) is 0 Å². The topological polar surface area (TPSA) is 76.1 Å². The third-order valence-electron chi connectivity index (χ3n) is 5.38. The van der Waals surface area contributed by atoms with Crippen molar-refractivity contribution < 1.29 is 28.6 Å². The van der Waals surface area contributed by atoms with Gasteiger partial charge in [-0.2, -0.15) is 0 Å². The van der Waals surface area contributed by atoms with Crippen molar-refractivity contribution in [2.24, 2.45) is 0 Å². The van der Waals surface area contributed by atoms with Gasteiger partial charge in [-0.05, 0) is 48.0 Å². The molecule has 6 nitrogen and oxygen atoms in total. The maximum atomic E-state index is 14.0. The Balaban J connectivity index is 2.01. The van der Waals surface area contributed by atoms with Crippen molar-refractivity contribution in [3.63, 3.8) is 0 Å². The average molecular weight is 468 g/mol. The lowest BCUT2D eigenvalue weighted by Crippen LogP contribution is -2.29. The quantitative estimate of drug-likeness (QED) is 0.320. The van der Waals surface area contributed by atoms with Crippen LogP contribution >= 0.6 is 11.6 Å². The van der Waals surface area contributed by atoms with E-state index in [1.165, 1.54) is 32.4 Å². The van der Waals surface area contributed by atoms with Crippen LogP contribution in [0, 0.1) is 5.82 Å². The summed E-state index contributed by atoms with van der Waals surface area (Å²) in [6.07, 6.45) is 0. The second kappa shape index (κ2) is 8.96. The minimum atomic E-state index is -1.04. The van der Waals surface area contributed by atoms with E-state index in [0.717, 1.165) is 11.0 Å². The van der Waals surface area contributed by atoms with Gasteiger partial charge in [0.1, 0.15) is 28.6 Å². The lowest BCUT2D eigenvalue weighted by Gasteiger charge is -2.25. The molecule has 4 rings (SSSR count). The number of hydrogen-bond donors (Lipinski definition) is 1. The van der Waals surface area contributed by atoms with Gasteiger partial charge < -0.3 is 14.6 Å². The van der Waals surface area contributed by atoms with Crippen molar-refractivity contribution in [1.82, 2.24) is 0 Å². The SMILES string of the molecule is COc1cccc(OC)c1/C(O)=C1\C(=O)C(=O)N(c2cccc(F)c2)C1c1ccc(Cl)cc1. The molecule has 1 unspecified atom stereocenters. The fourth-order valence-electron chi connectivity index (χ4n) is 3.90. The monoisotopic (exact) mass is 467 g/mol. The number of anilines is 1. The molecule has 168 valence electrons. The lowest BCUT2D eigenvalue weighted by atomic mass is 9.94. The number of carbonyl (C=O) groups is 2. The van der Waals surface area contributed by atoms with E-state index >= 15 is 0 Å². The van der Waals surface area contributed by atoms with Crippen molar-refractivity contribution in [1.29, 1.82) is 0 Å². The second-order valence-corrected chi connectivity index (χ2v) is 7.67. The number of carbonyl (C=O) groups excluding carboxylic acids is 2. The fourth-order valence-corrected chi connectivity index (χ4v) is 4.03. The zero-order valence-electron chi connectivity index (χ0n) is 17.7. The average Bonchev–Trinajstić information content (AvgIpc) is 3.09. The summed E-state index contributed by atoms with van der Waals surface area (Å²) in [4.78, 5) is 27.5. The van der Waals surface area contributed by atoms with E-state index in [-0.39, 0.29) is 28.3 Å². The second-order valence-electron chi connectivity index (χ2n) is 7.24. The van der Waals surface area contributed by atoms with Gasteiger partial charge in [0, 0.05) is 10.7 Å². The Labute approximate surface area is 194 Å². The van der Waals surface area contributed by atoms with E-state index < -0.39 is 29.3 Å². The van der Waals surface area contributed by atoms with Crippen molar-refractivity contribution in [2.75, 3.05) is 19.1 Å². The number of ether oxygens (including phenoxy) is 2. The number of amides is 1. The molecule has 1 aliphatic heterocycles. The Hall–Kier alpha value is -3.84. The first-order valence-corrected chi connectivity index (χ1v) is 10.3. The molecular formula is C25H19ClFNO5. The highest BCUT2D eigenvalue weighted by Gasteiger charge is 2.47. The summed E-state index contributed by atoms with van der Waals surface area (Å²) >= 11 is 6.03. The minimum absolute atomic E-state index is 0.124. The molecule has 1 atom stereocenters. The van der Waals surface area contributed by atoms with Crippen molar-refractivity contribution in [2.45, 2.75) is 6.04 Å². The molecule has 1 N–H and O–H groups in total. The summed E-state index contributed by atoms with van der Waals surface area (Å²) < 4.78 is 24.7. The predicted molar refractivity (Wildman–Crippen MR) is 122 cm³/mol. The standard InChI is InChI=1S/C25H19ClFNO5/c1-32-18-7-4-8-19(33-2)20(18)23(29)21-22(14-9-11-15(26)12-10-14)28(25(31)24(21)30)17-6-3-5-16(27)13-17/h3-13,22,29H,1-2H3/b23-21+. The molecule has 0 radical (unpaired) electrons. The van der Waals surface area contributed by atoms with E-state index in [1.807, 2.05) is 0 Å². The number of aliphatic hydroxyl groups excluding tert-OH is 1. The van der Waals surface area contributed by atoms with Crippen LogP contribution in [0.4, 0.5) is 10.1 Å². The van der Waals surface area contributed by atoms with Crippen LogP contribution < -0.4 is 14.4 Å². The van der Waals surface area contributed by atoms with Crippen LogP contribution in [0.1, 0.15) is 17.2 Å². The first-order valence-electron chi connectivity index (χ1n) is 9.90. The Bertz CT molecular complexity index is 1250. The molecule has 1 aliphatic rings. The van der Waals surface area contributed by atoms with Crippen LogP contribution in [0.3, 0.4) is 0 Å². The summed E-state index contributed by atoms with van der Waals surface area (Å²) in [5, 5.41) is 11.8. The molecule has 3 aromatic carbocycles. The summed E-state index contributed by atoms with van der Waals surface area (Å²) in [6, 6.07) is 15.6. The van der Waals surface area contributed by atoms with Gasteiger partial charge in [0.05, 0.1) is 25.8 Å². The number of ketones is 1. The molecule has 0 bridgehead atoms. The molecule has 0 spiro atoms. The van der Waals surface area contributed by atoms with Crippen LogP contribution in [0.5, 0.6) is 11.5 Å². The Morgan fingerprint density at radius 2 is 1.58 bits per heavy atom. The first kappa shape index (κ1) is 22.4. The van der Waals surface area contributed by atoms with Crippen LogP contribution in [0.15, 0.2) is 72.3 Å². The van der Waals surface area contributed by atoms with Gasteiger partial charge in [-0.15, -0.1) is 0 Å². The van der Waals surface area contributed by atoms with Crippen LogP contribution in [-0.2, 0) is 9.59 Å². The molecule has 1 heterocycles. The molecular weight excluding hydrogens is 449 g/mol. The molecule has 3 aromatic rings. The third kappa shape index (κ3) is 3.91. The number of Topliss-reactive ketones (excluding diaryl/α,β-unsaturated/α-hetero) is 1. The van der Waals surface area contributed by atoms with E-state index in [4.69, 9.17) is 21.1 Å². The third-order valence-corrected chi connectivity index (χ3v) is 5.63. The van der Waals surface area contributed by atoms with E-state index in [9.17, 15) is 19.1 Å². The van der Waals surface area contributed by atoms with Gasteiger partial charge >= 0.3 is 0 Å². The molecule has 0 aromatic heterocycles. The number of rotatable bonds is 5. The van der Waals surface area contributed by atoms with Crippen LogP contribution in [-0.4, -0.2) is 31.0 Å². The van der Waals surface area contributed by atoms with Gasteiger partial charge in [0.15, 0.2) is 0 Å². The molecule has 1 saturated heterocycles. The fraction of sp³-hybridized carbons (Fsp3) is 0.120. The Morgan fingerprint density at radius 1 is 0.970 bits per heavy atom. The van der Waals surface area contributed by atoms with Gasteiger partial charge in [-0.25, -0.2) is 4.39 Å². The van der Waals surface area contributed by atoms with Gasteiger partial charge in [-0.1, -0.05) is 35.9 Å². The normalized spacial score (nSPS) is 17.3. The maximum Gasteiger partial charge on any atom is 0.300 e. The highest BCUT2D eigenvalue weighted by molar-refractivity contribution is 6.51. The van der Waals surface area contributed by atoms with Crippen molar-refractivity contribution >= 4 is 34.7 Å². The number of hydrogen-bond acceptors (Lipinski definition) is 5. The summed E-state index contributed by atoms with van der Waals surface area (Å²) in [7, 11) is 2.82. The van der Waals surface area contributed by atoms with Gasteiger partial charge in [-0.3, -0.25) is 14.5 Å². The summed E-state index contributed by atoms with van der Waals surface area (Å²) in [5.41, 5.74) is 0.606. The number of aliphatic hydroxyl groups is 1. The number of halogens is 2. The molecule has 1 amide bonds. The minimum Gasteiger partial charge on any atom is -0.506 e. The largest absolute Gasteiger partial charge is 0.506 e.